The summed E-state index contributed by atoms with van der Waals surface area (Å²) in [5.74, 6) is -0.184. The highest BCUT2D eigenvalue weighted by molar-refractivity contribution is 6.18. The second-order valence-electron chi connectivity index (χ2n) is 2.23. The fraction of sp³-hybridized carbons (Fsp3) is 0.444. The molecule has 0 fully saturated rings. The Balaban J connectivity index is 3.57. The van der Waals surface area contributed by atoms with Crippen LogP contribution in [0.1, 0.15) is 0 Å². The van der Waals surface area contributed by atoms with Crippen molar-refractivity contribution in [1.29, 1.82) is 0 Å². The third-order valence-electron chi connectivity index (χ3n) is 1.11. The first kappa shape index (κ1) is 12.2. The Kier molecular flexibility index (Phi) is 7.35. The van der Waals surface area contributed by atoms with E-state index in [0.717, 1.165) is 0 Å². The molecule has 0 aromatic heterocycles. The van der Waals surface area contributed by atoms with E-state index in [-0.39, 0.29) is 24.7 Å². The molecular weight excluding hydrogens is 192 g/mol. The third-order valence-corrected chi connectivity index (χ3v) is 1.27. The minimum absolute atomic E-state index is 0.160. The van der Waals surface area contributed by atoms with Gasteiger partial charge in [0.05, 0.1) is 24.7 Å². The Morgan fingerprint density at radius 1 is 1.54 bits per heavy atom. The molecule has 3 nitrogen and oxygen atoms in total. The molecule has 0 atom stereocenters. The maximum Gasteiger partial charge on any atom is 0.335 e. The van der Waals surface area contributed by atoms with E-state index in [1.807, 2.05) is 0 Å². The summed E-state index contributed by atoms with van der Waals surface area (Å²) in [6.45, 7) is 7.71. The van der Waals surface area contributed by atoms with E-state index >= 15 is 0 Å². The zero-order chi connectivity index (χ0) is 10.1. The second-order valence-corrected chi connectivity index (χ2v) is 2.61. The van der Waals surface area contributed by atoms with Gasteiger partial charge in [-0.1, -0.05) is 12.7 Å². The van der Waals surface area contributed by atoms with Crippen LogP contribution >= 0.6 is 11.6 Å². The molecular formula is C9H13ClO3. The first-order valence-corrected chi connectivity index (χ1v) is 4.35. The van der Waals surface area contributed by atoms with Crippen LogP contribution in [0.2, 0.25) is 0 Å². The smallest absolute Gasteiger partial charge is 0.335 e. The third kappa shape index (κ3) is 6.37. The first-order valence-electron chi connectivity index (χ1n) is 3.82. The predicted molar refractivity (Wildman–Crippen MR) is 51.8 cm³/mol. The van der Waals surface area contributed by atoms with E-state index in [4.69, 9.17) is 21.1 Å². The molecule has 0 aromatic carbocycles. The number of carbonyl (C=O) groups excluding carboxylic acids is 1. The number of halogens is 1. The van der Waals surface area contributed by atoms with Gasteiger partial charge >= 0.3 is 5.97 Å². The van der Waals surface area contributed by atoms with Gasteiger partial charge in [0.25, 0.3) is 0 Å². The summed E-state index contributed by atoms with van der Waals surface area (Å²) in [4.78, 5) is 11.0. The van der Waals surface area contributed by atoms with Crippen molar-refractivity contribution >= 4 is 17.6 Å². The number of esters is 1. The Labute approximate surface area is 83.0 Å². The lowest BCUT2D eigenvalue weighted by Crippen LogP contribution is -2.13. The van der Waals surface area contributed by atoms with Crippen LogP contribution in [-0.2, 0) is 14.3 Å². The fourth-order valence-corrected chi connectivity index (χ4v) is 0.635. The highest BCUT2D eigenvalue weighted by Crippen LogP contribution is 1.96. The van der Waals surface area contributed by atoms with E-state index in [2.05, 4.69) is 13.2 Å². The quantitative estimate of drug-likeness (QED) is 0.207. The predicted octanol–water partition coefficient (Wildman–Crippen LogP) is 1.53. The lowest BCUT2D eigenvalue weighted by Gasteiger charge is -2.05. The van der Waals surface area contributed by atoms with Crippen LogP contribution in [0.4, 0.5) is 0 Å². The van der Waals surface area contributed by atoms with E-state index in [1.54, 1.807) is 6.08 Å². The normalized spacial score (nSPS) is 9.31. The van der Waals surface area contributed by atoms with Crippen LogP contribution in [0, 0.1) is 0 Å². The maximum atomic E-state index is 11.0. The molecule has 0 aliphatic heterocycles. The molecule has 0 saturated carbocycles. The molecule has 0 radical (unpaired) electrons. The summed E-state index contributed by atoms with van der Waals surface area (Å²) in [5.41, 5.74) is 0.284. The standard InChI is InChI=1S/C9H13ClO3/c1-3-5-12-7-8(2)9(11)13-6-4-10/h3H,1-2,4-7H2. The van der Waals surface area contributed by atoms with Gasteiger partial charge in [-0.15, -0.1) is 18.2 Å². The molecule has 0 bridgehead atoms. The highest BCUT2D eigenvalue weighted by atomic mass is 35.5. The number of hydrogen-bond donors (Lipinski definition) is 0. The van der Waals surface area contributed by atoms with Crippen molar-refractivity contribution in [1.82, 2.24) is 0 Å². The molecule has 0 heterocycles. The Morgan fingerprint density at radius 3 is 2.77 bits per heavy atom. The van der Waals surface area contributed by atoms with Gasteiger partial charge in [0.2, 0.25) is 0 Å². The van der Waals surface area contributed by atoms with Gasteiger partial charge in [-0.05, 0) is 0 Å². The van der Waals surface area contributed by atoms with E-state index in [0.29, 0.717) is 6.61 Å². The van der Waals surface area contributed by atoms with E-state index in [9.17, 15) is 4.79 Å². The van der Waals surface area contributed by atoms with Gasteiger partial charge in [0, 0.05) is 0 Å². The fourth-order valence-electron chi connectivity index (χ4n) is 0.558. The average Bonchev–Trinajstić information content (AvgIpc) is 2.14. The summed E-state index contributed by atoms with van der Waals surface area (Å²) in [6.07, 6.45) is 1.59. The van der Waals surface area contributed by atoms with Crippen LogP contribution in [0.15, 0.2) is 24.8 Å². The Hall–Kier alpha value is -0.800. The number of rotatable bonds is 7. The number of ether oxygens (including phenoxy) is 2. The summed E-state index contributed by atoms with van der Waals surface area (Å²) < 4.78 is 9.70. The molecule has 0 aliphatic rings. The van der Waals surface area contributed by atoms with Gasteiger partial charge in [0.1, 0.15) is 6.61 Å². The van der Waals surface area contributed by atoms with Crippen LogP contribution in [0.3, 0.4) is 0 Å². The van der Waals surface area contributed by atoms with Crippen LogP contribution in [-0.4, -0.2) is 31.7 Å². The molecule has 0 unspecified atom stereocenters. The molecule has 0 saturated heterocycles. The second kappa shape index (κ2) is 7.83. The average molecular weight is 205 g/mol. The molecule has 0 spiro atoms. The number of alkyl halides is 1. The molecule has 4 heteroatoms. The minimum atomic E-state index is -0.468. The van der Waals surface area contributed by atoms with E-state index in [1.165, 1.54) is 0 Å². The van der Waals surface area contributed by atoms with Crippen molar-refractivity contribution in [2.45, 2.75) is 0 Å². The summed E-state index contributed by atoms with van der Waals surface area (Å²) in [5, 5.41) is 0. The molecule has 0 aromatic rings. The van der Waals surface area contributed by atoms with Crippen molar-refractivity contribution in [3.63, 3.8) is 0 Å². The summed E-state index contributed by atoms with van der Waals surface area (Å²) >= 11 is 5.33. The molecule has 0 amide bonds. The lowest BCUT2D eigenvalue weighted by molar-refractivity contribution is -0.139. The van der Waals surface area contributed by atoms with Crippen LogP contribution in [0.25, 0.3) is 0 Å². The van der Waals surface area contributed by atoms with E-state index < -0.39 is 5.97 Å². The Bertz CT molecular complexity index is 189. The topological polar surface area (TPSA) is 35.5 Å². The van der Waals surface area contributed by atoms with Gasteiger partial charge < -0.3 is 9.47 Å². The summed E-state index contributed by atoms with van der Waals surface area (Å²) in [6, 6.07) is 0. The lowest BCUT2D eigenvalue weighted by atomic mass is 10.3. The van der Waals surface area contributed by atoms with Gasteiger partial charge in [-0.25, -0.2) is 4.79 Å². The summed E-state index contributed by atoms with van der Waals surface area (Å²) in [7, 11) is 0. The van der Waals surface area contributed by atoms with Crippen molar-refractivity contribution < 1.29 is 14.3 Å². The first-order chi connectivity index (χ1) is 6.22. The van der Waals surface area contributed by atoms with Gasteiger partial charge in [-0.3, -0.25) is 0 Å². The van der Waals surface area contributed by atoms with Crippen molar-refractivity contribution in [3.05, 3.63) is 24.8 Å². The largest absolute Gasteiger partial charge is 0.461 e. The molecule has 0 N–H and O–H groups in total. The highest BCUT2D eigenvalue weighted by Gasteiger charge is 2.07. The molecule has 0 aliphatic carbocycles. The van der Waals surface area contributed by atoms with Crippen LogP contribution < -0.4 is 0 Å². The van der Waals surface area contributed by atoms with Gasteiger partial charge in [-0.2, -0.15) is 0 Å². The molecule has 74 valence electrons. The van der Waals surface area contributed by atoms with Crippen molar-refractivity contribution in [2.75, 3.05) is 25.7 Å². The minimum Gasteiger partial charge on any atom is -0.461 e. The monoisotopic (exact) mass is 204 g/mol. The van der Waals surface area contributed by atoms with Crippen molar-refractivity contribution in [3.8, 4) is 0 Å². The van der Waals surface area contributed by atoms with Crippen molar-refractivity contribution in [2.24, 2.45) is 0 Å². The van der Waals surface area contributed by atoms with Gasteiger partial charge in [0.15, 0.2) is 0 Å². The number of carbonyl (C=O) groups is 1. The molecule has 0 rings (SSSR count). The number of hydrogen-bond acceptors (Lipinski definition) is 3. The molecule has 13 heavy (non-hydrogen) atoms. The Morgan fingerprint density at radius 2 is 2.23 bits per heavy atom. The SMILES string of the molecule is C=CCOCC(=C)C(=O)OCCCl. The maximum absolute atomic E-state index is 11.0. The zero-order valence-corrected chi connectivity index (χ0v) is 8.18. The van der Waals surface area contributed by atoms with Crippen LogP contribution in [0.5, 0.6) is 0 Å². The zero-order valence-electron chi connectivity index (χ0n) is 7.42.